The number of hydrogen-bond donors (Lipinski definition) is 0. The molecule has 4 aliphatic carbocycles. The average Bonchev–Trinajstić information content (AvgIpc) is 3.06. The molecule has 31 heavy (non-hydrogen) atoms. The van der Waals surface area contributed by atoms with Crippen LogP contribution in [0.15, 0.2) is 42.3 Å². The van der Waals surface area contributed by atoms with Gasteiger partial charge in [0, 0.05) is 12.4 Å². The monoisotopic (exact) mass is 441 g/mol. The second-order valence-electron chi connectivity index (χ2n) is 11.1. The van der Waals surface area contributed by atoms with E-state index >= 15 is 0 Å². The van der Waals surface area contributed by atoms with Crippen LogP contribution in [0.3, 0.4) is 0 Å². The molecule has 1 aromatic heterocycles. The van der Waals surface area contributed by atoms with Crippen LogP contribution in [-0.4, -0.2) is 25.8 Å². The SMILES string of the molecule is C[C@]12CC[C@H](OS(C)(=O)=O)CC1=CC[C@H]1[C@@H]3CC=C(c4cccnc4)[C@@]3(C)CC[C@@]12C. The zero-order valence-electron chi connectivity index (χ0n) is 19.2. The standard InChI is InChI=1S/C26H35NO3S/c1-24-13-14-26(3)23(22(24)10-9-21(24)18-6-5-15-27-17-18)8-7-19-16-20(30-31(4,28)29)11-12-25(19,26)2/h5-7,9,15,17,20,22-23H,8,10-14,16H2,1-4H3/t20-,22-,23-,24+,25-,26-/m0/s1. The van der Waals surface area contributed by atoms with Crippen molar-refractivity contribution in [1.82, 2.24) is 4.98 Å². The number of rotatable bonds is 3. The van der Waals surface area contributed by atoms with Crippen molar-refractivity contribution in [3.63, 3.8) is 0 Å². The van der Waals surface area contributed by atoms with Crippen molar-refractivity contribution in [3.05, 3.63) is 47.8 Å². The third kappa shape index (κ3) is 3.18. The van der Waals surface area contributed by atoms with Crippen LogP contribution in [0.25, 0.3) is 5.57 Å². The summed E-state index contributed by atoms with van der Waals surface area (Å²) >= 11 is 0. The van der Waals surface area contributed by atoms with Crippen LogP contribution >= 0.6 is 0 Å². The minimum absolute atomic E-state index is 0.131. The van der Waals surface area contributed by atoms with Crippen molar-refractivity contribution in [2.75, 3.05) is 6.26 Å². The fourth-order valence-corrected chi connectivity index (χ4v) is 8.50. The minimum atomic E-state index is -3.41. The van der Waals surface area contributed by atoms with Crippen LogP contribution in [0.4, 0.5) is 0 Å². The lowest BCUT2D eigenvalue weighted by Crippen LogP contribution is -2.56. The fourth-order valence-electron chi connectivity index (χ4n) is 7.84. The summed E-state index contributed by atoms with van der Waals surface area (Å²) in [5.74, 6) is 1.30. The maximum Gasteiger partial charge on any atom is 0.264 e. The van der Waals surface area contributed by atoms with Crippen LogP contribution in [0.1, 0.15) is 71.3 Å². The molecular formula is C26H35NO3S. The summed E-state index contributed by atoms with van der Waals surface area (Å²) in [6, 6.07) is 4.26. The lowest BCUT2D eigenvalue weighted by molar-refractivity contribution is -0.0946. The van der Waals surface area contributed by atoms with Gasteiger partial charge in [0.2, 0.25) is 0 Å². The Hall–Kier alpha value is -1.46. The van der Waals surface area contributed by atoms with Gasteiger partial charge in [-0.25, -0.2) is 0 Å². The first-order valence-corrected chi connectivity index (χ1v) is 13.6. The molecule has 1 aromatic rings. The largest absolute Gasteiger partial charge is 0.267 e. The summed E-state index contributed by atoms with van der Waals surface area (Å²) in [4.78, 5) is 4.39. The Balaban J connectivity index is 1.45. The predicted octanol–water partition coefficient (Wildman–Crippen LogP) is 5.77. The Morgan fingerprint density at radius 3 is 2.55 bits per heavy atom. The quantitative estimate of drug-likeness (QED) is 0.441. The number of pyridine rings is 1. The normalized spacial score (nSPS) is 42.1. The average molecular weight is 442 g/mol. The van der Waals surface area contributed by atoms with Gasteiger partial charge in [-0.2, -0.15) is 8.42 Å². The number of fused-ring (bicyclic) bond motifs is 5. The first-order chi connectivity index (χ1) is 14.6. The highest BCUT2D eigenvalue weighted by molar-refractivity contribution is 7.86. The maximum atomic E-state index is 11.7. The first-order valence-electron chi connectivity index (χ1n) is 11.8. The molecule has 0 saturated heterocycles. The van der Waals surface area contributed by atoms with E-state index < -0.39 is 10.1 Å². The molecule has 0 amide bonds. The van der Waals surface area contributed by atoms with Gasteiger partial charge in [-0.05, 0) is 90.2 Å². The van der Waals surface area contributed by atoms with Crippen molar-refractivity contribution in [3.8, 4) is 0 Å². The van der Waals surface area contributed by atoms with Gasteiger partial charge in [-0.3, -0.25) is 9.17 Å². The van der Waals surface area contributed by atoms with Crippen molar-refractivity contribution >= 4 is 15.7 Å². The van der Waals surface area contributed by atoms with E-state index in [0.717, 1.165) is 32.1 Å². The van der Waals surface area contributed by atoms with Gasteiger partial charge in [-0.15, -0.1) is 0 Å². The number of nitrogens with zero attached hydrogens (tertiary/aromatic N) is 1. The molecule has 0 aliphatic heterocycles. The van der Waals surface area contributed by atoms with Crippen molar-refractivity contribution < 1.29 is 12.6 Å². The third-order valence-electron chi connectivity index (χ3n) is 9.76. The molecule has 2 fully saturated rings. The summed E-state index contributed by atoms with van der Waals surface area (Å²) < 4.78 is 28.8. The number of hydrogen-bond acceptors (Lipinski definition) is 4. The molecule has 4 aliphatic rings. The summed E-state index contributed by atoms with van der Waals surface area (Å²) in [5.41, 5.74) is 4.81. The van der Waals surface area contributed by atoms with Gasteiger partial charge in [0.05, 0.1) is 12.4 Å². The Kier molecular flexibility index (Phi) is 4.84. The molecule has 168 valence electrons. The highest BCUT2D eigenvalue weighted by Crippen LogP contribution is 2.71. The molecule has 0 spiro atoms. The fraction of sp³-hybridized carbons (Fsp3) is 0.654. The van der Waals surface area contributed by atoms with E-state index in [2.05, 4.69) is 44.0 Å². The minimum Gasteiger partial charge on any atom is -0.267 e. The van der Waals surface area contributed by atoms with Crippen molar-refractivity contribution in [1.29, 1.82) is 0 Å². The molecule has 1 heterocycles. The Labute approximate surface area is 187 Å². The second-order valence-corrected chi connectivity index (χ2v) is 12.7. The molecule has 0 radical (unpaired) electrons. The second kappa shape index (κ2) is 7.02. The van der Waals surface area contributed by atoms with E-state index in [-0.39, 0.29) is 22.3 Å². The summed E-state index contributed by atoms with van der Waals surface area (Å²) in [6.07, 6.45) is 17.1. The number of allylic oxidation sites excluding steroid dienone is 3. The van der Waals surface area contributed by atoms with Gasteiger partial charge in [0.15, 0.2) is 0 Å². The van der Waals surface area contributed by atoms with Crippen LogP contribution in [0.5, 0.6) is 0 Å². The van der Waals surface area contributed by atoms with E-state index in [4.69, 9.17) is 4.18 Å². The topological polar surface area (TPSA) is 56.3 Å². The van der Waals surface area contributed by atoms with E-state index in [1.807, 2.05) is 18.5 Å². The van der Waals surface area contributed by atoms with E-state index in [0.29, 0.717) is 11.8 Å². The Morgan fingerprint density at radius 1 is 1.06 bits per heavy atom. The molecule has 0 unspecified atom stereocenters. The highest BCUT2D eigenvalue weighted by atomic mass is 32.2. The first kappa shape index (κ1) is 21.4. The maximum absolute atomic E-state index is 11.7. The summed E-state index contributed by atoms with van der Waals surface area (Å²) in [5, 5.41) is 0. The summed E-state index contributed by atoms with van der Waals surface area (Å²) in [6.45, 7) is 7.47. The highest BCUT2D eigenvalue weighted by Gasteiger charge is 2.62. The smallest absolute Gasteiger partial charge is 0.264 e. The molecule has 0 aromatic carbocycles. The van der Waals surface area contributed by atoms with E-state index in [9.17, 15) is 8.42 Å². The Morgan fingerprint density at radius 2 is 1.84 bits per heavy atom. The lowest BCUT2D eigenvalue weighted by atomic mass is 9.40. The number of aromatic nitrogens is 1. The molecule has 4 nitrogen and oxygen atoms in total. The van der Waals surface area contributed by atoms with Gasteiger partial charge in [0.25, 0.3) is 10.1 Å². The molecule has 6 atom stereocenters. The van der Waals surface area contributed by atoms with Crippen LogP contribution < -0.4 is 0 Å². The molecule has 5 heteroatoms. The molecule has 0 bridgehead atoms. The molecule has 2 saturated carbocycles. The van der Waals surface area contributed by atoms with Crippen molar-refractivity contribution in [2.45, 2.75) is 71.8 Å². The molecule has 0 N–H and O–H groups in total. The zero-order chi connectivity index (χ0) is 22.1. The van der Waals surface area contributed by atoms with E-state index in [1.54, 1.807) is 0 Å². The summed E-state index contributed by atoms with van der Waals surface area (Å²) in [7, 11) is -3.41. The van der Waals surface area contributed by atoms with Gasteiger partial charge in [-0.1, -0.05) is 44.6 Å². The van der Waals surface area contributed by atoms with Gasteiger partial charge < -0.3 is 0 Å². The van der Waals surface area contributed by atoms with Crippen LogP contribution in [-0.2, 0) is 14.3 Å². The zero-order valence-corrected chi connectivity index (χ0v) is 20.0. The predicted molar refractivity (Wildman–Crippen MR) is 124 cm³/mol. The third-order valence-corrected chi connectivity index (χ3v) is 10.4. The van der Waals surface area contributed by atoms with Crippen LogP contribution in [0, 0.1) is 28.1 Å². The van der Waals surface area contributed by atoms with E-state index in [1.165, 1.54) is 35.8 Å². The van der Waals surface area contributed by atoms with Gasteiger partial charge in [0.1, 0.15) is 0 Å². The molecule has 5 rings (SSSR count). The van der Waals surface area contributed by atoms with Gasteiger partial charge >= 0.3 is 0 Å². The van der Waals surface area contributed by atoms with Crippen LogP contribution in [0.2, 0.25) is 0 Å². The lowest BCUT2D eigenvalue weighted by Gasteiger charge is -2.64. The Bertz CT molecular complexity index is 1050. The molecular weight excluding hydrogens is 406 g/mol. The van der Waals surface area contributed by atoms with Crippen molar-refractivity contribution in [2.24, 2.45) is 28.1 Å².